The van der Waals surface area contributed by atoms with E-state index in [1.807, 2.05) is 6.07 Å². The highest BCUT2D eigenvalue weighted by Gasteiger charge is 2.11. The molecule has 0 spiro atoms. The van der Waals surface area contributed by atoms with Gasteiger partial charge in [-0.1, -0.05) is 11.6 Å². The third-order valence-corrected chi connectivity index (χ3v) is 5.16. The zero-order valence-corrected chi connectivity index (χ0v) is 17.2. The highest BCUT2D eigenvalue weighted by molar-refractivity contribution is 6.31. The molecule has 30 heavy (non-hydrogen) atoms. The summed E-state index contributed by atoms with van der Waals surface area (Å²) in [7, 11) is 0. The number of halogens is 2. The Morgan fingerprint density at radius 3 is 2.87 bits per heavy atom. The third-order valence-electron chi connectivity index (χ3n) is 4.87. The molecule has 0 unspecified atom stereocenters. The molecule has 0 radical (unpaired) electrons. The lowest BCUT2D eigenvalue weighted by molar-refractivity contribution is 0.0358. The van der Waals surface area contributed by atoms with Crippen molar-refractivity contribution in [3.8, 4) is 5.75 Å². The molecular formula is C21H23ClFN5O2. The Labute approximate surface area is 179 Å². The highest BCUT2D eigenvalue weighted by Crippen LogP contribution is 2.28. The first-order valence-corrected chi connectivity index (χ1v) is 10.2. The van der Waals surface area contributed by atoms with Crippen LogP contribution < -0.4 is 15.8 Å². The molecule has 3 N–H and O–H groups in total. The van der Waals surface area contributed by atoms with Crippen LogP contribution in [0.1, 0.15) is 6.42 Å². The van der Waals surface area contributed by atoms with Crippen LogP contribution in [0.5, 0.6) is 5.75 Å². The van der Waals surface area contributed by atoms with Crippen molar-refractivity contribution in [2.75, 3.05) is 50.5 Å². The zero-order chi connectivity index (χ0) is 20.9. The molecule has 4 rings (SSSR count). The fourth-order valence-corrected chi connectivity index (χ4v) is 3.44. The number of rotatable bonds is 7. The summed E-state index contributed by atoms with van der Waals surface area (Å²) in [6.07, 6.45) is 2.58. The molecule has 0 bridgehead atoms. The standard InChI is InChI=1S/C21H23ClFN5O2/c22-16-11-15(2-3-17(16)23)26-21-25-13-14-10-18(24)20(12-19(14)27-21)30-7-1-4-28-5-8-29-9-6-28/h2-3,10-13H,1,4-9,24H2,(H,25,26,27). The van der Waals surface area contributed by atoms with E-state index in [1.54, 1.807) is 18.3 Å². The van der Waals surface area contributed by atoms with Gasteiger partial charge in [-0.05, 0) is 30.7 Å². The quantitative estimate of drug-likeness (QED) is 0.434. The van der Waals surface area contributed by atoms with Gasteiger partial charge in [-0.15, -0.1) is 0 Å². The number of aromatic nitrogens is 2. The Morgan fingerprint density at radius 2 is 2.07 bits per heavy atom. The topological polar surface area (TPSA) is 85.5 Å². The van der Waals surface area contributed by atoms with Crippen LogP contribution in [0.15, 0.2) is 36.5 Å². The van der Waals surface area contributed by atoms with Crippen LogP contribution in [0.4, 0.5) is 21.7 Å². The molecule has 1 fully saturated rings. The summed E-state index contributed by atoms with van der Waals surface area (Å²) in [5, 5.41) is 3.86. The van der Waals surface area contributed by atoms with E-state index in [0.717, 1.165) is 44.7 Å². The van der Waals surface area contributed by atoms with E-state index < -0.39 is 5.82 Å². The SMILES string of the molecule is Nc1cc2cnc(Nc3ccc(F)c(Cl)c3)nc2cc1OCCCN1CCOCC1. The number of fused-ring (bicyclic) bond motifs is 1. The van der Waals surface area contributed by atoms with E-state index in [0.29, 0.717) is 35.2 Å². The number of anilines is 3. The fraction of sp³-hybridized carbons (Fsp3) is 0.333. The van der Waals surface area contributed by atoms with Crippen LogP contribution in [-0.2, 0) is 4.74 Å². The molecule has 7 nitrogen and oxygen atoms in total. The average molecular weight is 432 g/mol. The number of nitrogens with one attached hydrogen (secondary N) is 1. The smallest absolute Gasteiger partial charge is 0.227 e. The fourth-order valence-electron chi connectivity index (χ4n) is 3.26. The van der Waals surface area contributed by atoms with E-state index >= 15 is 0 Å². The van der Waals surface area contributed by atoms with Crippen molar-refractivity contribution in [3.05, 3.63) is 47.4 Å². The Balaban J connectivity index is 1.42. The van der Waals surface area contributed by atoms with Gasteiger partial charge in [0, 0.05) is 43.0 Å². The highest BCUT2D eigenvalue weighted by atomic mass is 35.5. The van der Waals surface area contributed by atoms with Gasteiger partial charge in [0.05, 0.1) is 36.0 Å². The number of nitrogen functional groups attached to an aromatic ring is 1. The molecule has 158 valence electrons. The van der Waals surface area contributed by atoms with Gasteiger partial charge in [0.2, 0.25) is 5.95 Å². The van der Waals surface area contributed by atoms with Gasteiger partial charge in [-0.3, -0.25) is 4.90 Å². The maximum Gasteiger partial charge on any atom is 0.227 e. The summed E-state index contributed by atoms with van der Waals surface area (Å²) in [4.78, 5) is 11.2. The number of hydrogen-bond acceptors (Lipinski definition) is 7. The summed E-state index contributed by atoms with van der Waals surface area (Å²) in [6, 6.07) is 7.95. The summed E-state index contributed by atoms with van der Waals surface area (Å²) < 4.78 is 24.6. The van der Waals surface area contributed by atoms with Gasteiger partial charge >= 0.3 is 0 Å². The van der Waals surface area contributed by atoms with Crippen LogP contribution in [0.25, 0.3) is 10.9 Å². The van der Waals surface area contributed by atoms with E-state index in [4.69, 9.17) is 26.8 Å². The minimum atomic E-state index is -0.479. The van der Waals surface area contributed by atoms with Crippen molar-refractivity contribution < 1.29 is 13.9 Å². The summed E-state index contributed by atoms with van der Waals surface area (Å²) >= 11 is 5.83. The van der Waals surface area contributed by atoms with Crippen molar-refractivity contribution in [1.82, 2.24) is 14.9 Å². The van der Waals surface area contributed by atoms with Gasteiger partial charge in [0.15, 0.2) is 0 Å². The maximum atomic E-state index is 13.3. The number of nitrogens with two attached hydrogens (primary N) is 1. The van der Waals surface area contributed by atoms with Crippen molar-refractivity contribution >= 4 is 39.8 Å². The van der Waals surface area contributed by atoms with Crippen LogP contribution in [0, 0.1) is 5.82 Å². The Kier molecular flexibility index (Phi) is 6.47. The predicted molar refractivity (Wildman–Crippen MR) is 116 cm³/mol. The number of benzene rings is 2. The van der Waals surface area contributed by atoms with Crippen LogP contribution in [0.2, 0.25) is 5.02 Å². The van der Waals surface area contributed by atoms with Gasteiger partial charge in [-0.2, -0.15) is 0 Å². The van der Waals surface area contributed by atoms with E-state index in [-0.39, 0.29) is 5.02 Å². The number of hydrogen-bond donors (Lipinski definition) is 2. The van der Waals surface area contributed by atoms with Gasteiger partial charge in [0.25, 0.3) is 0 Å². The molecule has 1 aliphatic rings. The Hall–Kier alpha value is -2.68. The second-order valence-electron chi connectivity index (χ2n) is 7.05. The lowest BCUT2D eigenvalue weighted by Crippen LogP contribution is -2.37. The number of morpholine rings is 1. The number of nitrogens with zero attached hydrogens (tertiary/aromatic N) is 3. The molecule has 0 saturated carbocycles. The molecule has 9 heteroatoms. The van der Waals surface area contributed by atoms with E-state index in [1.165, 1.54) is 12.1 Å². The molecule has 2 aromatic carbocycles. The van der Waals surface area contributed by atoms with Crippen molar-refractivity contribution in [3.63, 3.8) is 0 Å². The lowest BCUT2D eigenvalue weighted by Gasteiger charge is -2.26. The molecular weight excluding hydrogens is 409 g/mol. The van der Waals surface area contributed by atoms with Crippen molar-refractivity contribution in [1.29, 1.82) is 0 Å². The van der Waals surface area contributed by atoms with E-state index in [2.05, 4.69) is 20.2 Å². The van der Waals surface area contributed by atoms with Gasteiger partial charge in [0.1, 0.15) is 11.6 Å². The molecule has 3 aromatic rings. The lowest BCUT2D eigenvalue weighted by atomic mass is 10.2. The second kappa shape index (κ2) is 9.42. The summed E-state index contributed by atoms with van der Waals surface area (Å²) in [5.74, 6) is 0.486. The second-order valence-corrected chi connectivity index (χ2v) is 7.46. The van der Waals surface area contributed by atoms with Crippen LogP contribution in [0.3, 0.4) is 0 Å². The number of ether oxygens (including phenoxy) is 2. The minimum absolute atomic E-state index is 0.0290. The largest absolute Gasteiger partial charge is 0.491 e. The summed E-state index contributed by atoms with van der Waals surface area (Å²) in [6.45, 7) is 5.04. The minimum Gasteiger partial charge on any atom is -0.491 e. The summed E-state index contributed by atoms with van der Waals surface area (Å²) in [5.41, 5.74) is 7.96. The third kappa shape index (κ3) is 5.08. The molecule has 2 heterocycles. The van der Waals surface area contributed by atoms with Gasteiger partial charge in [-0.25, -0.2) is 14.4 Å². The monoisotopic (exact) mass is 431 g/mol. The first kappa shape index (κ1) is 20.6. The van der Waals surface area contributed by atoms with Crippen molar-refractivity contribution in [2.45, 2.75) is 6.42 Å². The molecule has 1 saturated heterocycles. The van der Waals surface area contributed by atoms with Crippen LogP contribution >= 0.6 is 11.6 Å². The van der Waals surface area contributed by atoms with E-state index in [9.17, 15) is 4.39 Å². The normalized spacial score (nSPS) is 14.7. The molecule has 0 amide bonds. The first-order valence-electron chi connectivity index (χ1n) is 9.80. The van der Waals surface area contributed by atoms with Crippen LogP contribution in [-0.4, -0.2) is 54.3 Å². The zero-order valence-electron chi connectivity index (χ0n) is 16.4. The van der Waals surface area contributed by atoms with Gasteiger partial charge < -0.3 is 20.5 Å². The Morgan fingerprint density at radius 1 is 1.23 bits per heavy atom. The molecule has 1 aromatic heterocycles. The molecule has 1 aliphatic heterocycles. The van der Waals surface area contributed by atoms with Crippen molar-refractivity contribution in [2.24, 2.45) is 0 Å². The average Bonchev–Trinajstić information content (AvgIpc) is 2.75. The molecule has 0 atom stereocenters. The maximum absolute atomic E-state index is 13.3. The predicted octanol–water partition coefficient (Wildman–Crippen LogP) is 3.85. The first-order chi connectivity index (χ1) is 14.6. The molecule has 0 aliphatic carbocycles. The Bertz CT molecular complexity index is 1030.